The summed E-state index contributed by atoms with van der Waals surface area (Å²) in [6.07, 6.45) is 0. The molecule has 0 radical (unpaired) electrons. The SMILES string of the molecule is CNC(C)CNS(=O)(=O)c1cccc(C(C)=O)c1. The summed E-state index contributed by atoms with van der Waals surface area (Å²) in [6.45, 7) is 3.57. The number of carbonyl (C=O) groups excluding carboxylic acids is 1. The van der Waals surface area contributed by atoms with Crippen LogP contribution < -0.4 is 10.0 Å². The van der Waals surface area contributed by atoms with Crippen molar-refractivity contribution in [2.75, 3.05) is 13.6 Å². The molecule has 0 amide bonds. The number of carbonyl (C=O) groups is 1. The van der Waals surface area contributed by atoms with Crippen molar-refractivity contribution in [3.63, 3.8) is 0 Å². The lowest BCUT2D eigenvalue weighted by Crippen LogP contribution is -2.37. The van der Waals surface area contributed by atoms with Crippen LogP contribution in [-0.4, -0.2) is 33.8 Å². The van der Waals surface area contributed by atoms with Crippen LogP contribution >= 0.6 is 0 Å². The Hall–Kier alpha value is -1.24. The standard InChI is InChI=1S/C12H18N2O3S/c1-9(13-3)8-14-18(16,17)12-6-4-5-11(7-12)10(2)15/h4-7,9,13-14H,8H2,1-3H3. The quantitative estimate of drug-likeness (QED) is 0.749. The fourth-order valence-corrected chi connectivity index (χ4v) is 2.48. The Kier molecular flexibility index (Phi) is 5.01. The van der Waals surface area contributed by atoms with E-state index in [0.29, 0.717) is 12.1 Å². The topological polar surface area (TPSA) is 75.3 Å². The smallest absolute Gasteiger partial charge is 0.240 e. The van der Waals surface area contributed by atoms with E-state index < -0.39 is 10.0 Å². The van der Waals surface area contributed by atoms with Crippen molar-refractivity contribution in [1.29, 1.82) is 0 Å². The van der Waals surface area contributed by atoms with E-state index >= 15 is 0 Å². The highest BCUT2D eigenvalue weighted by Gasteiger charge is 2.15. The zero-order valence-electron chi connectivity index (χ0n) is 10.7. The molecular formula is C12H18N2O3S. The van der Waals surface area contributed by atoms with E-state index in [1.807, 2.05) is 6.92 Å². The molecule has 0 fully saturated rings. The molecular weight excluding hydrogens is 252 g/mol. The average Bonchev–Trinajstić information content (AvgIpc) is 2.36. The summed E-state index contributed by atoms with van der Waals surface area (Å²) >= 11 is 0. The number of likely N-dealkylation sites (N-methyl/N-ethyl adjacent to an activating group) is 1. The van der Waals surface area contributed by atoms with Gasteiger partial charge < -0.3 is 5.32 Å². The number of nitrogens with one attached hydrogen (secondary N) is 2. The first kappa shape index (κ1) is 14.8. The molecule has 0 aliphatic carbocycles. The number of hydrogen-bond acceptors (Lipinski definition) is 4. The summed E-state index contributed by atoms with van der Waals surface area (Å²) in [7, 11) is -1.80. The first-order chi connectivity index (χ1) is 8.36. The monoisotopic (exact) mass is 270 g/mol. The zero-order chi connectivity index (χ0) is 13.8. The Labute approximate surface area is 108 Å². The van der Waals surface area contributed by atoms with Crippen molar-refractivity contribution in [3.8, 4) is 0 Å². The summed E-state index contributed by atoms with van der Waals surface area (Å²) in [5.74, 6) is -0.157. The number of hydrogen-bond donors (Lipinski definition) is 2. The van der Waals surface area contributed by atoms with Gasteiger partial charge in [0.05, 0.1) is 4.90 Å². The van der Waals surface area contributed by atoms with Crippen molar-refractivity contribution in [2.45, 2.75) is 24.8 Å². The van der Waals surface area contributed by atoms with E-state index in [1.54, 1.807) is 19.2 Å². The first-order valence-electron chi connectivity index (χ1n) is 5.64. The van der Waals surface area contributed by atoms with Crippen LogP contribution in [0.1, 0.15) is 24.2 Å². The third-order valence-electron chi connectivity index (χ3n) is 2.62. The summed E-state index contributed by atoms with van der Waals surface area (Å²) < 4.78 is 26.4. The maximum atomic E-state index is 12.0. The minimum absolute atomic E-state index is 0.0377. The Morgan fingerprint density at radius 1 is 1.39 bits per heavy atom. The first-order valence-corrected chi connectivity index (χ1v) is 7.13. The van der Waals surface area contributed by atoms with Gasteiger partial charge in [-0.1, -0.05) is 12.1 Å². The molecule has 0 aromatic heterocycles. The maximum Gasteiger partial charge on any atom is 0.240 e. The lowest BCUT2D eigenvalue weighted by Gasteiger charge is -2.12. The van der Waals surface area contributed by atoms with Gasteiger partial charge in [-0.25, -0.2) is 13.1 Å². The van der Waals surface area contributed by atoms with Gasteiger partial charge in [-0.2, -0.15) is 0 Å². The fourth-order valence-electron chi connectivity index (χ4n) is 1.30. The third-order valence-corrected chi connectivity index (χ3v) is 4.04. The van der Waals surface area contributed by atoms with E-state index in [-0.39, 0.29) is 16.7 Å². The Morgan fingerprint density at radius 3 is 2.61 bits per heavy atom. The Bertz CT molecular complexity index is 526. The van der Waals surface area contributed by atoms with Crippen LogP contribution in [0.3, 0.4) is 0 Å². The number of rotatable bonds is 6. The molecule has 2 N–H and O–H groups in total. The lowest BCUT2D eigenvalue weighted by molar-refractivity contribution is 0.101. The van der Waals surface area contributed by atoms with Crippen LogP contribution in [0.4, 0.5) is 0 Å². The van der Waals surface area contributed by atoms with Gasteiger partial charge in [-0.3, -0.25) is 4.79 Å². The summed E-state index contributed by atoms with van der Waals surface area (Å²) in [5.41, 5.74) is 0.388. The number of benzene rings is 1. The second kappa shape index (κ2) is 6.08. The van der Waals surface area contributed by atoms with Crippen LogP contribution in [0.25, 0.3) is 0 Å². The zero-order valence-corrected chi connectivity index (χ0v) is 11.5. The lowest BCUT2D eigenvalue weighted by atomic mass is 10.2. The Balaban J connectivity index is 2.91. The molecule has 1 aromatic carbocycles. The van der Waals surface area contributed by atoms with Crippen molar-refractivity contribution in [3.05, 3.63) is 29.8 Å². The Morgan fingerprint density at radius 2 is 2.06 bits per heavy atom. The number of sulfonamides is 1. The molecule has 100 valence electrons. The molecule has 18 heavy (non-hydrogen) atoms. The van der Waals surface area contributed by atoms with Crippen molar-refractivity contribution >= 4 is 15.8 Å². The molecule has 0 aliphatic heterocycles. The second-order valence-corrected chi connectivity index (χ2v) is 5.89. The maximum absolute atomic E-state index is 12.0. The summed E-state index contributed by atoms with van der Waals surface area (Å²) in [6, 6.07) is 6.05. The predicted molar refractivity (Wildman–Crippen MR) is 70.2 cm³/mol. The highest BCUT2D eigenvalue weighted by Crippen LogP contribution is 2.11. The van der Waals surface area contributed by atoms with Crippen LogP contribution in [-0.2, 0) is 10.0 Å². The number of Topliss-reactive ketones (excluding diaryl/α,β-unsaturated/α-hetero) is 1. The molecule has 0 spiro atoms. The van der Waals surface area contributed by atoms with Crippen molar-refractivity contribution < 1.29 is 13.2 Å². The molecule has 1 unspecified atom stereocenters. The molecule has 0 saturated carbocycles. The van der Waals surface area contributed by atoms with Crippen molar-refractivity contribution in [1.82, 2.24) is 10.0 Å². The van der Waals surface area contributed by atoms with Gasteiger partial charge in [-0.15, -0.1) is 0 Å². The average molecular weight is 270 g/mol. The van der Waals surface area contributed by atoms with Gasteiger partial charge in [0.1, 0.15) is 0 Å². The highest BCUT2D eigenvalue weighted by atomic mass is 32.2. The van der Waals surface area contributed by atoms with Gasteiger partial charge in [0.15, 0.2) is 5.78 Å². The largest absolute Gasteiger partial charge is 0.316 e. The molecule has 1 rings (SSSR count). The van der Waals surface area contributed by atoms with E-state index in [4.69, 9.17) is 0 Å². The molecule has 0 heterocycles. The van der Waals surface area contributed by atoms with Crippen molar-refractivity contribution in [2.24, 2.45) is 0 Å². The van der Waals surface area contributed by atoms with E-state index in [0.717, 1.165) is 0 Å². The third kappa shape index (κ3) is 3.90. The van der Waals surface area contributed by atoms with Crippen LogP contribution in [0.2, 0.25) is 0 Å². The normalized spacial score (nSPS) is 13.3. The van der Waals surface area contributed by atoms with E-state index in [2.05, 4.69) is 10.0 Å². The molecule has 6 heteroatoms. The summed E-state index contributed by atoms with van der Waals surface area (Å²) in [4.78, 5) is 11.3. The van der Waals surface area contributed by atoms with Gasteiger partial charge in [-0.05, 0) is 33.0 Å². The molecule has 1 aromatic rings. The molecule has 0 bridgehead atoms. The molecule has 1 atom stereocenters. The minimum Gasteiger partial charge on any atom is -0.316 e. The van der Waals surface area contributed by atoms with E-state index in [1.165, 1.54) is 19.1 Å². The van der Waals surface area contributed by atoms with Gasteiger partial charge in [0, 0.05) is 18.2 Å². The number of ketones is 1. The van der Waals surface area contributed by atoms with Crippen LogP contribution in [0, 0.1) is 0 Å². The van der Waals surface area contributed by atoms with Gasteiger partial charge in [0.2, 0.25) is 10.0 Å². The minimum atomic E-state index is -3.56. The predicted octanol–water partition coefficient (Wildman–Crippen LogP) is 0.775. The second-order valence-electron chi connectivity index (χ2n) is 4.13. The molecule has 5 nitrogen and oxygen atoms in total. The van der Waals surface area contributed by atoms with Gasteiger partial charge >= 0.3 is 0 Å². The van der Waals surface area contributed by atoms with Crippen LogP contribution in [0.15, 0.2) is 29.2 Å². The highest BCUT2D eigenvalue weighted by molar-refractivity contribution is 7.89. The van der Waals surface area contributed by atoms with E-state index in [9.17, 15) is 13.2 Å². The fraction of sp³-hybridized carbons (Fsp3) is 0.417. The summed E-state index contributed by atoms with van der Waals surface area (Å²) in [5, 5.41) is 2.94. The molecule has 0 aliphatic rings. The van der Waals surface area contributed by atoms with Crippen LogP contribution in [0.5, 0.6) is 0 Å². The molecule has 0 saturated heterocycles. The van der Waals surface area contributed by atoms with Gasteiger partial charge in [0.25, 0.3) is 0 Å².